The second kappa shape index (κ2) is 6.85. The smallest absolute Gasteiger partial charge is 0.162 e. The molecule has 5 nitrogen and oxygen atoms in total. The Hall–Kier alpha value is -2.69. The summed E-state index contributed by atoms with van der Waals surface area (Å²) in [7, 11) is 2.95. The molecule has 0 aliphatic heterocycles. The van der Waals surface area contributed by atoms with Gasteiger partial charge in [0.2, 0.25) is 0 Å². The maximum Gasteiger partial charge on any atom is 0.162 e. The molecule has 2 rings (SSSR count). The van der Waals surface area contributed by atoms with Crippen LogP contribution in [0.1, 0.15) is 12.0 Å². The van der Waals surface area contributed by atoms with Gasteiger partial charge in [0.05, 0.1) is 19.8 Å². The molecular formula is C17H18O5. The van der Waals surface area contributed by atoms with E-state index in [2.05, 4.69) is 0 Å². The third-order valence-corrected chi connectivity index (χ3v) is 3.39. The third-order valence-electron chi connectivity index (χ3n) is 3.39. The van der Waals surface area contributed by atoms with Crippen LogP contribution in [0.4, 0.5) is 0 Å². The first-order chi connectivity index (χ1) is 10.5. The van der Waals surface area contributed by atoms with Crippen LogP contribution in [0.15, 0.2) is 42.2 Å². The second-order valence-electron chi connectivity index (χ2n) is 4.83. The van der Waals surface area contributed by atoms with Gasteiger partial charge in [-0.05, 0) is 30.7 Å². The summed E-state index contributed by atoms with van der Waals surface area (Å²) in [5, 5.41) is 18.9. The van der Waals surface area contributed by atoms with Gasteiger partial charge in [0.1, 0.15) is 23.0 Å². The number of benzene rings is 1. The lowest BCUT2D eigenvalue weighted by Gasteiger charge is -2.12. The Morgan fingerprint density at radius 2 is 1.86 bits per heavy atom. The Kier molecular flexibility index (Phi) is 4.88. The molecule has 0 amide bonds. The highest BCUT2D eigenvalue weighted by atomic mass is 16.5. The summed E-state index contributed by atoms with van der Waals surface area (Å²) in [6, 6.07) is 2.90. The number of carbonyl (C=O) groups is 1. The first kappa shape index (κ1) is 15.7. The highest BCUT2D eigenvalue weighted by molar-refractivity contribution is 5.97. The van der Waals surface area contributed by atoms with E-state index in [9.17, 15) is 15.0 Å². The number of aliphatic hydroxyl groups excluding tert-OH is 1. The largest absolute Gasteiger partial charge is 0.508 e. The van der Waals surface area contributed by atoms with Gasteiger partial charge in [0, 0.05) is 18.1 Å². The average Bonchev–Trinajstić information content (AvgIpc) is 2.53. The monoisotopic (exact) mass is 302 g/mol. The molecule has 1 aliphatic rings. The van der Waals surface area contributed by atoms with Crippen LogP contribution in [-0.4, -0.2) is 30.2 Å². The maximum atomic E-state index is 12.2. The van der Waals surface area contributed by atoms with Crippen LogP contribution >= 0.6 is 0 Å². The van der Waals surface area contributed by atoms with Gasteiger partial charge >= 0.3 is 0 Å². The SMILES string of the molecule is COc1cc(O)cc(OC)c1C=CC(=O)C1C=CC(O)=CC1. The van der Waals surface area contributed by atoms with E-state index in [1.807, 2.05) is 0 Å². The van der Waals surface area contributed by atoms with Crippen LogP contribution in [0.25, 0.3) is 6.08 Å². The normalized spacial score (nSPS) is 17.4. The molecule has 1 aromatic rings. The number of methoxy groups -OCH3 is 2. The van der Waals surface area contributed by atoms with Crippen molar-refractivity contribution in [2.75, 3.05) is 14.2 Å². The van der Waals surface area contributed by atoms with E-state index in [1.54, 1.807) is 18.2 Å². The molecule has 0 saturated carbocycles. The molecule has 1 aromatic carbocycles. The summed E-state index contributed by atoms with van der Waals surface area (Å²) < 4.78 is 10.4. The van der Waals surface area contributed by atoms with E-state index < -0.39 is 0 Å². The molecule has 0 spiro atoms. The molecule has 0 bridgehead atoms. The van der Waals surface area contributed by atoms with E-state index in [0.717, 1.165) is 0 Å². The molecule has 22 heavy (non-hydrogen) atoms. The lowest BCUT2D eigenvalue weighted by atomic mass is 9.95. The van der Waals surface area contributed by atoms with Crippen LogP contribution in [0.2, 0.25) is 0 Å². The van der Waals surface area contributed by atoms with Gasteiger partial charge in [-0.15, -0.1) is 0 Å². The summed E-state index contributed by atoms with van der Waals surface area (Å²) in [5.74, 6) is 0.650. The number of rotatable bonds is 5. The van der Waals surface area contributed by atoms with Crippen LogP contribution in [0.3, 0.4) is 0 Å². The second-order valence-corrected chi connectivity index (χ2v) is 4.83. The van der Waals surface area contributed by atoms with Gasteiger partial charge in [-0.3, -0.25) is 4.79 Å². The number of allylic oxidation sites excluding steroid dienone is 4. The fourth-order valence-corrected chi connectivity index (χ4v) is 2.20. The minimum atomic E-state index is -0.291. The van der Waals surface area contributed by atoms with Gasteiger partial charge in [-0.25, -0.2) is 0 Å². The van der Waals surface area contributed by atoms with Crippen molar-refractivity contribution >= 4 is 11.9 Å². The number of ketones is 1. The highest BCUT2D eigenvalue weighted by Gasteiger charge is 2.16. The van der Waals surface area contributed by atoms with E-state index >= 15 is 0 Å². The molecule has 1 atom stereocenters. The van der Waals surface area contributed by atoms with Gasteiger partial charge in [0.15, 0.2) is 5.78 Å². The predicted octanol–water partition coefficient (Wildman–Crippen LogP) is 3.01. The Bertz CT molecular complexity index is 630. The molecule has 1 aliphatic carbocycles. The quantitative estimate of drug-likeness (QED) is 0.818. The molecule has 0 saturated heterocycles. The zero-order chi connectivity index (χ0) is 16.1. The number of phenolic OH excluding ortho intramolecular Hbond substituents is 1. The number of carbonyl (C=O) groups excluding carboxylic acids is 1. The zero-order valence-electron chi connectivity index (χ0n) is 12.4. The van der Waals surface area contributed by atoms with Crippen LogP contribution in [0, 0.1) is 5.92 Å². The van der Waals surface area contributed by atoms with E-state index in [4.69, 9.17) is 9.47 Å². The predicted molar refractivity (Wildman–Crippen MR) is 83.2 cm³/mol. The van der Waals surface area contributed by atoms with Crippen molar-refractivity contribution in [3.63, 3.8) is 0 Å². The highest BCUT2D eigenvalue weighted by Crippen LogP contribution is 2.34. The zero-order valence-corrected chi connectivity index (χ0v) is 12.4. The Morgan fingerprint density at radius 3 is 2.36 bits per heavy atom. The molecule has 0 fully saturated rings. The minimum Gasteiger partial charge on any atom is -0.508 e. The molecule has 0 radical (unpaired) electrons. The molecule has 2 N–H and O–H groups in total. The molecular weight excluding hydrogens is 284 g/mol. The first-order valence-electron chi connectivity index (χ1n) is 6.79. The van der Waals surface area contributed by atoms with Crippen molar-refractivity contribution < 1.29 is 24.5 Å². The summed E-state index contributed by atoms with van der Waals surface area (Å²) in [4.78, 5) is 12.2. The lowest BCUT2D eigenvalue weighted by Crippen LogP contribution is -2.10. The van der Waals surface area contributed by atoms with Crippen molar-refractivity contribution in [2.45, 2.75) is 6.42 Å². The number of phenols is 1. The summed E-state index contributed by atoms with van der Waals surface area (Å²) in [6.07, 6.45) is 8.32. The van der Waals surface area contributed by atoms with E-state index in [-0.39, 0.29) is 23.2 Å². The minimum absolute atomic E-state index is 0.0213. The molecule has 116 valence electrons. The van der Waals surface area contributed by atoms with Crippen molar-refractivity contribution in [3.8, 4) is 17.2 Å². The van der Waals surface area contributed by atoms with Crippen LogP contribution < -0.4 is 9.47 Å². The molecule has 0 heterocycles. The van der Waals surface area contributed by atoms with Gasteiger partial charge in [0.25, 0.3) is 0 Å². The fraction of sp³-hybridized carbons (Fsp3) is 0.235. The number of aromatic hydroxyl groups is 1. The number of ether oxygens (including phenoxy) is 2. The first-order valence-corrected chi connectivity index (χ1v) is 6.79. The van der Waals surface area contributed by atoms with Crippen molar-refractivity contribution in [2.24, 2.45) is 5.92 Å². The third kappa shape index (κ3) is 3.49. The summed E-state index contributed by atoms with van der Waals surface area (Å²) >= 11 is 0. The van der Waals surface area contributed by atoms with Gasteiger partial charge in [-0.2, -0.15) is 0 Å². The number of hydrogen-bond donors (Lipinski definition) is 2. The van der Waals surface area contributed by atoms with Crippen molar-refractivity contribution in [1.82, 2.24) is 0 Å². The standard InChI is InChI=1S/C17H18O5/c1-21-16-9-13(19)10-17(22-2)14(16)7-8-15(20)11-3-5-12(18)6-4-11/h3,5-11,18-19H,4H2,1-2H3. The van der Waals surface area contributed by atoms with Crippen LogP contribution in [-0.2, 0) is 4.79 Å². The van der Waals surface area contributed by atoms with E-state index in [0.29, 0.717) is 23.5 Å². The van der Waals surface area contributed by atoms with E-state index in [1.165, 1.54) is 38.5 Å². The average molecular weight is 302 g/mol. The fourth-order valence-electron chi connectivity index (χ4n) is 2.20. The van der Waals surface area contributed by atoms with Crippen LogP contribution in [0.5, 0.6) is 17.2 Å². The number of hydrogen-bond acceptors (Lipinski definition) is 5. The molecule has 1 unspecified atom stereocenters. The van der Waals surface area contributed by atoms with Crippen molar-refractivity contribution in [1.29, 1.82) is 0 Å². The molecule has 5 heteroatoms. The Labute approximate surface area is 128 Å². The van der Waals surface area contributed by atoms with Gasteiger partial charge in [-0.1, -0.05) is 6.08 Å². The van der Waals surface area contributed by atoms with Gasteiger partial charge < -0.3 is 19.7 Å². The molecule has 0 aromatic heterocycles. The summed E-state index contributed by atoms with van der Waals surface area (Å²) in [5.41, 5.74) is 0.578. The van der Waals surface area contributed by atoms with Crippen molar-refractivity contribution in [3.05, 3.63) is 47.8 Å². The number of aliphatic hydroxyl groups is 1. The Morgan fingerprint density at radius 1 is 1.23 bits per heavy atom. The topological polar surface area (TPSA) is 76.0 Å². The lowest BCUT2D eigenvalue weighted by molar-refractivity contribution is -0.116. The summed E-state index contributed by atoms with van der Waals surface area (Å²) in [6.45, 7) is 0. The Balaban J connectivity index is 2.23. The maximum absolute atomic E-state index is 12.2.